The average Bonchev–Trinajstić information content (AvgIpc) is 2.24. The summed E-state index contributed by atoms with van der Waals surface area (Å²) in [6, 6.07) is -0.0922. The molecule has 0 spiro atoms. The van der Waals surface area contributed by atoms with Crippen LogP contribution in [0.25, 0.3) is 0 Å². The van der Waals surface area contributed by atoms with Crippen molar-refractivity contribution in [3.8, 4) is 0 Å². The van der Waals surface area contributed by atoms with E-state index >= 15 is 0 Å². The van der Waals surface area contributed by atoms with E-state index in [1.165, 1.54) is 0 Å². The quantitative estimate of drug-likeness (QED) is 0.584. The number of alkyl halides is 3. The summed E-state index contributed by atoms with van der Waals surface area (Å²) in [6.45, 7) is 16.8. The molecule has 0 aliphatic carbocycles. The lowest BCUT2D eigenvalue weighted by atomic mass is 10.5. The maximum absolute atomic E-state index is 12.5. The van der Waals surface area contributed by atoms with Gasteiger partial charge in [0.25, 0.3) is 0 Å². The second-order valence-corrected chi connectivity index (χ2v) is 17.7. The molecule has 0 N–H and O–H groups in total. The molecule has 0 amide bonds. The van der Waals surface area contributed by atoms with E-state index in [0.29, 0.717) is 0 Å². The predicted molar refractivity (Wildman–Crippen MR) is 84.6 cm³/mol. The maximum atomic E-state index is 12.5. The molecule has 0 aromatic heterocycles. The van der Waals surface area contributed by atoms with E-state index in [1.807, 2.05) is 26.2 Å². The van der Waals surface area contributed by atoms with E-state index in [-0.39, 0.29) is 6.04 Å². The summed E-state index contributed by atoms with van der Waals surface area (Å²) in [4.78, 5) is 0. The Morgan fingerprint density at radius 2 is 1.25 bits per heavy atom. The van der Waals surface area contributed by atoms with Crippen LogP contribution in [0.3, 0.4) is 0 Å². The van der Waals surface area contributed by atoms with Crippen LogP contribution in [0.1, 0.15) is 6.42 Å². The highest BCUT2D eigenvalue weighted by Crippen LogP contribution is 2.31. The maximum Gasteiger partial charge on any atom is 0.389 e. The molecule has 0 unspecified atom stereocenters. The van der Waals surface area contributed by atoms with Crippen molar-refractivity contribution in [2.24, 2.45) is 0 Å². The zero-order valence-electron chi connectivity index (χ0n) is 12.9. The fraction of sp³-hybridized carbons (Fsp3) is 0.667. The number of hydrogen-bond donors (Lipinski definition) is 0. The first kappa shape index (κ1) is 19.8. The lowest BCUT2D eigenvalue weighted by Gasteiger charge is -2.39. The van der Waals surface area contributed by atoms with Crippen LogP contribution in [0.4, 0.5) is 13.2 Å². The van der Waals surface area contributed by atoms with E-state index in [4.69, 9.17) is 8.23 Å². The van der Waals surface area contributed by atoms with E-state index in [9.17, 15) is 13.2 Å². The Kier molecular flexibility index (Phi) is 6.68. The molecular formula is C12H25F3O2Si3. The van der Waals surface area contributed by atoms with E-state index < -0.39 is 37.8 Å². The number of halogens is 3. The van der Waals surface area contributed by atoms with Crippen LogP contribution in [-0.2, 0) is 8.23 Å². The highest BCUT2D eigenvalue weighted by molar-refractivity contribution is 6.91. The summed E-state index contributed by atoms with van der Waals surface area (Å²) in [5, 5.41) is 0. The normalized spacial score (nSPS) is 14.2. The van der Waals surface area contributed by atoms with Crippen LogP contribution in [0, 0.1) is 0 Å². The highest BCUT2D eigenvalue weighted by Gasteiger charge is 2.44. The third-order valence-electron chi connectivity index (χ3n) is 2.80. The Bertz CT molecular complexity index is 332. The van der Waals surface area contributed by atoms with Crippen molar-refractivity contribution in [2.75, 3.05) is 0 Å². The first-order valence-electron chi connectivity index (χ1n) is 6.48. The van der Waals surface area contributed by atoms with Crippen LogP contribution in [-0.4, -0.2) is 31.4 Å². The monoisotopic (exact) mass is 342 g/mol. The van der Waals surface area contributed by atoms with Crippen LogP contribution < -0.4 is 0 Å². The molecule has 20 heavy (non-hydrogen) atoms. The average molecular weight is 343 g/mol. The van der Waals surface area contributed by atoms with Crippen molar-refractivity contribution in [3.63, 3.8) is 0 Å². The van der Waals surface area contributed by atoms with Crippen molar-refractivity contribution < 1.29 is 21.4 Å². The fourth-order valence-electron chi connectivity index (χ4n) is 1.69. The summed E-state index contributed by atoms with van der Waals surface area (Å²) in [7, 11) is -7.31. The minimum atomic E-state index is -4.19. The van der Waals surface area contributed by atoms with Crippen LogP contribution in [0.2, 0.25) is 38.8 Å². The van der Waals surface area contributed by atoms with Crippen LogP contribution in [0.5, 0.6) is 0 Å². The molecule has 0 aromatic rings. The molecule has 0 saturated carbocycles. The minimum absolute atomic E-state index is 0.0922. The second-order valence-electron chi connectivity index (χ2n) is 6.07. The lowest BCUT2D eigenvalue weighted by Crippen LogP contribution is -2.53. The molecule has 0 heterocycles. The molecule has 2 nitrogen and oxygen atoms in total. The molecule has 0 aromatic carbocycles. The molecule has 0 radical (unpaired) electrons. The van der Waals surface area contributed by atoms with Crippen molar-refractivity contribution in [1.29, 1.82) is 0 Å². The summed E-state index contributed by atoms with van der Waals surface area (Å²) >= 11 is 0. The fourth-order valence-corrected chi connectivity index (χ4v) is 13.4. The molecule has 0 aliphatic heterocycles. The zero-order chi connectivity index (χ0) is 16.2. The third kappa shape index (κ3) is 8.20. The Hall–Kier alpha value is -0.159. The number of rotatable bonds is 8. The zero-order valence-corrected chi connectivity index (χ0v) is 15.9. The lowest BCUT2D eigenvalue weighted by molar-refractivity contribution is -0.131. The summed E-state index contributed by atoms with van der Waals surface area (Å²) in [5.74, 6) is 0. The van der Waals surface area contributed by atoms with E-state index in [0.717, 1.165) is 0 Å². The Morgan fingerprint density at radius 1 is 0.900 bits per heavy atom. The summed E-state index contributed by atoms with van der Waals surface area (Å²) in [5.41, 5.74) is 3.44. The molecule has 0 fully saturated rings. The van der Waals surface area contributed by atoms with Crippen molar-refractivity contribution in [3.05, 3.63) is 24.6 Å². The molecule has 0 aliphatic rings. The first-order valence-corrected chi connectivity index (χ1v) is 15.0. The van der Waals surface area contributed by atoms with Gasteiger partial charge in [-0.15, -0.1) is 13.2 Å². The standard InChI is InChI=1S/C12H25F3O2Si3/c1-8-18(3,4)16-20(7,11-10-12(13,14)15)17-19(5,6)9-2/h8-9H,1-2,10-11H2,3-7H3. The van der Waals surface area contributed by atoms with Gasteiger partial charge in [-0.25, -0.2) is 0 Å². The van der Waals surface area contributed by atoms with Gasteiger partial charge in [-0.3, -0.25) is 0 Å². The van der Waals surface area contributed by atoms with Crippen molar-refractivity contribution in [1.82, 2.24) is 0 Å². The van der Waals surface area contributed by atoms with Gasteiger partial charge in [0.05, 0.1) is 0 Å². The van der Waals surface area contributed by atoms with E-state index in [1.54, 1.807) is 17.9 Å². The molecule has 118 valence electrons. The van der Waals surface area contributed by atoms with Gasteiger partial charge in [0.2, 0.25) is 0 Å². The van der Waals surface area contributed by atoms with Gasteiger partial charge in [0.15, 0.2) is 16.6 Å². The molecule has 8 heteroatoms. The van der Waals surface area contributed by atoms with Gasteiger partial charge in [-0.2, -0.15) is 13.2 Å². The van der Waals surface area contributed by atoms with Gasteiger partial charge in [0.1, 0.15) is 0 Å². The smallest absolute Gasteiger partial charge is 0.389 e. The Balaban J connectivity index is 5.12. The van der Waals surface area contributed by atoms with E-state index in [2.05, 4.69) is 13.2 Å². The van der Waals surface area contributed by atoms with Crippen LogP contribution >= 0.6 is 0 Å². The number of hydrogen-bond acceptors (Lipinski definition) is 2. The second kappa shape index (κ2) is 6.73. The Labute approximate surface area is 123 Å². The van der Waals surface area contributed by atoms with Crippen molar-refractivity contribution in [2.45, 2.75) is 51.4 Å². The van der Waals surface area contributed by atoms with Gasteiger partial charge in [-0.1, -0.05) is 11.4 Å². The van der Waals surface area contributed by atoms with Crippen molar-refractivity contribution >= 4 is 25.2 Å². The largest absolute Gasteiger partial charge is 0.433 e. The summed E-state index contributed by atoms with van der Waals surface area (Å²) < 4.78 is 49.6. The van der Waals surface area contributed by atoms with Crippen LogP contribution in [0.15, 0.2) is 24.6 Å². The van der Waals surface area contributed by atoms with Gasteiger partial charge in [-0.05, 0) is 38.8 Å². The highest BCUT2D eigenvalue weighted by atomic mass is 28.5. The molecule has 0 rings (SSSR count). The molecular weight excluding hydrogens is 317 g/mol. The van der Waals surface area contributed by atoms with Gasteiger partial charge in [0, 0.05) is 6.42 Å². The Morgan fingerprint density at radius 3 is 1.50 bits per heavy atom. The molecule has 0 atom stereocenters. The third-order valence-corrected chi connectivity index (χ3v) is 13.6. The topological polar surface area (TPSA) is 18.5 Å². The minimum Gasteiger partial charge on any atom is -0.433 e. The van der Waals surface area contributed by atoms with Gasteiger partial charge >= 0.3 is 14.7 Å². The predicted octanol–water partition coefficient (Wildman–Crippen LogP) is 4.90. The summed E-state index contributed by atoms with van der Waals surface area (Å²) in [6.07, 6.45) is -5.07. The first-order chi connectivity index (χ1) is 8.74. The molecule has 0 bridgehead atoms. The van der Waals surface area contributed by atoms with Gasteiger partial charge < -0.3 is 8.23 Å². The molecule has 0 saturated heterocycles. The SMILES string of the molecule is C=C[Si](C)(C)O[Si](C)(CCC(F)(F)F)O[Si](C)(C)C=C.